The first-order valence-corrected chi connectivity index (χ1v) is 9.30. The molecule has 152 valence electrons. The van der Waals surface area contributed by atoms with Gasteiger partial charge in [-0.1, -0.05) is 18.2 Å². The number of β-amino-alcohol motifs (C(OH)–C–C–N with tert-alkyl or cyclic N) is 1. The molecule has 0 radical (unpaired) electrons. The van der Waals surface area contributed by atoms with E-state index in [4.69, 9.17) is 9.47 Å². The van der Waals surface area contributed by atoms with Gasteiger partial charge in [-0.15, -0.1) is 0 Å². The molecule has 2 aromatic carbocycles. The quantitative estimate of drug-likeness (QED) is 0.475. The number of ether oxygens (including phenoxy) is 2. The number of benzene rings is 2. The lowest BCUT2D eigenvalue weighted by molar-refractivity contribution is -0.131. The van der Waals surface area contributed by atoms with E-state index >= 15 is 0 Å². The predicted molar refractivity (Wildman–Crippen MR) is 111 cm³/mol. The normalized spacial score (nSPS) is 12.4. The van der Waals surface area contributed by atoms with Crippen molar-refractivity contribution in [1.29, 1.82) is 0 Å². The number of esters is 1. The fourth-order valence-electron chi connectivity index (χ4n) is 2.60. The van der Waals surface area contributed by atoms with Crippen molar-refractivity contribution < 1.29 is 19.4 Å². The lowest BCUT2D eigenvalue weighted by Gasteiger charge is -2.23. The number of hydrogen-bond acceptors (Lipinski definition) is 6. The monoisotopic (exact) mass is 386 g/mol. The molecule has 0 aliphatic rings. The van der Waals surface area contributed by atoms with Crippen molar-refractivity contribution in [2.75, 3.05) is 19.0 Å². The minimum Gasteiger partial charge on any atom is -0.497 e. The average Bonchev–Trinajstić information content (AvgIpc) is 2.64. The number of methoxy groups -OCH3 is 1. The van der Waals surface area contributed by atoms with Crippen LogP contribution in [0, 0.1) is 0 Å². The van der Waals surface area contributed by atoms with Crippen molar-refractivity contribution in [2.45, 2.75) is 45.9 Å². The Hall–Kier alpha value is -2.57. The van der Waals surface area contributed by atoms with E-state index in [-0.39, 0.29) is 5.54 Å². The van der Waals surface area contributed by atoms with Crippen molar-refractivity contribution in [2.24, 2.45) is 0 Å². The molecule has 0 aliphatic heterocycles. The van der Waals surface area contributed by atoms with E-state index in [0.717, 1.165) is 16.9 Å². The number of nitrogens with one attached hydrogen (secondary N) is 2. The van der Waals surface area contributed by atoms with Crippen LogP contribution < -0.4 is 20.1 Å². The standard InChI is InChI=1S/C22H30N2O4/c1-15(25)28-21-11-8-17(20(26)14-24-22(2,3)4)12-19(21)23-13-16-6-9-18(27-5)10-7-16/h6-12,20,23-24,26H,13-14H2,1-5H3. The van der Waals surface area contributed by atoms with Crippen LogP contribution in [-0.2, 0) is 11.3 Å². The minimum atomic E-state index is -0.674. The maximum Gasteiger partial charge on any atom is 0.308 e. The highest BCUT2D eigenvalue weighted by atomic mass is 16.5. The molecule has 0 amide bonds. The summed E-state index contributed by atoms with van der Waals surface area (Å²) < 4.78 is 10.5. The van der Waals surface area contributed by atoms with E-state index in [9.17, 15) is 9.90 Å². The van der Waals surface area contributed by atoms with Crippen molar-refractivity contribution >= 4 is 11.7 Å². The lowest BCUT2D eigenvalue weighted by atomic mass is 10.0. The molecule has 1 atom stereocenters. The zero-order chi connectivity index (χ0) is 20.7. The Morgan fingerprint density at radius 1 is 1.14 bits per heavy atom. The van der Waals surface area contributed by atoms with Gasteiger partial charge in [-0.25, -0.2) is 0 Å². The summed E-state index contributed by atoms with van der Waals surface area (Å²) in [6.07, 6.45) is -0.674. The first-order chi connectivity index (χ1) is 13.2. The van der Waals surface area contributed by atoms with Gasteiger partial charge >= 0.3 is 5.97 Å². The van der Waals surface area contributed by atoms with Gasteiger partial charge in [0.15, 0.2) is 5.75 Å². The second-order valence-electron chi connectivity index (χ2n) is 7.70. The Bertz CT molecular complexity index is 782. The molecule has 1 unspecified atom stereocenters. The van der Waals surface area contributed by atoms with Crippen LogP contribution in [0.3, 0.4) is 0 Å². The van der Waals surface area contributed by atoms with Gasteiger partial charge in [-0.2, -0.15) is 0 Å². The third-order valence-corrected chi connectivity index (χ3v) is 4.11. The Morgan fingerprint density at radius 3 is 2.39 bits per heavy atom. The van der Waals surface area contributed by atoms with Gasteiger partial charge in [0.1, 0.15) is 5.75 Å². The molecule has 0 fully saturated rings. The Balaban J connectivity index is 2.16. The van der Waals surface area contributed by atoms with Crippen LogP contribution in [0.25, 0.3) is 0 Å². The van der Waals surface area contributed by atoms with Crippen LogP contribution in [0.2, 0.25) is 0 Å². The van der Waals surface area contributed by atoms with Gasteiger partial charge in [0, 0.05) is 25.6 Å². The number of aliphatic hydroxyl groups is 1. The van der Waals surface area contributed by atoms with Crippen LogP contribution in [0.5, 0.6) is 11.5 Å². The molecule has 0 bridgehead atoms. The number of rotatable bonds is 8. The molecule has 3 N–H and O–H groups in total. The number of aliphatic hydroxyl groups excluding tert-OH is 1. The van der Waals surface area contributed by atoms with Crippen molar-refractivity contribution in [1.82, 2.24) is 5.32 Å². The highest BCUT2D eigenvalue weighted by Crippen LogP contribution is 2.29. The molecule has 28 heavy (non-hydrogen) atoms. The lowest BCUT2D eigenvalue weighted by Crippen LogP contribution is -2.38. The molecular formula is C22H30N2O4. The maximum atomic E-state index is 11.4. The first-order valence-electron chi connectivity index (χ1n) is 9.30. The van der Waals surface area contributed by atoms with Crippen LogP contribution in [0.1, 0.15) is 44.9 Å². The third-order valence-electron chi connectivity index (χ3n) is 4.11. The topological polar surface area (TPSA) is 79.8 Å². The van der Waals surface area contributed by atoms with E-state index in [1.54, 1.807) is 19.2 Å². The van der Waals surface area contributed by atoms with Crippen LogP contribution >= 0.6 is 0 Å². The largest absolute Gasteiger partial charge is 0.497 e. The summed E-state index contributed by atoms with van der Waals surface area (Å²) in [6.45, 7) is 8.47. The van der Waals surface area contributed by atoms with Gasteiger partial charge in [0.2, 0.25) is 0 Å². The van der Waals surface area contributed by atoms with Crippen LogP contribution in [0.4, 0.5) is 5.69 Å². The van der Waals surface area contributed by atoms with Crippen molar-refractivity contribution in [3.63, 3.8) is 0 Å². The maximum absolute atomic E-state index is 11.4. The zero-order valence-corrected chi connectivity index (χ0v) is 17.2. The van der Waals surface area contributed by atoms with Crippen molar-refractivity contribution in [3.05, 3.63) is 53.6 Å². The molecule has 0 saturated heterocycles. The predicted octanol–water partition coefficient (Wildman–Crippen LogP) is 3.65. The summed E-state index contributed by atoms with van der Waals surface area (Å²) in [6, 6.07) is 13.0. The number of hydrogen-bond donors (Lipinski definition) is 3. The van der Waals surface area contributed by atoms with E-state index in [2.05, 4.69) is 10.6 Å². The molecule has 2 aromatic rings. The van der Waals surface area contributed by atoms with Gasteiger partial charge < -0.3 is 25.2 Å². The molecular weight excluding hydrogens is 356 g/mol. The zero-order valence-electron chi connectivity index (χ0n) is 17.2. The van der Waals surface area contributed by atoms with Gasteiger partial charge in [0.25, 0.3) is 0 Å². The molecule has 2 rings (SSSR count). The second-order valence-corrected chi connectivity index (χ2v) is 7.70. The van der Waals surface area contributed by atoms with Crippen LogP contribution in [-0.4, -0.2) is 30.3 Å². The highest BCUT2D eigenvalue weighted by Gasteiger charge is 2.16. The number of anilines is 1. The molecule has 6 heteroatoms. The van der Waals surface area contributed by atoms with E-state index < -0.39 is 12.1 Å². The van der Waals surface area contributed by atoms with Crippen LogP contribution in [0.15, 0.2) is 42.5 Å². The fourth-order valence-corrected chi connectivity index (χ4v) is 2.60. The van der Waals surface area contributed by atoms with Gasteiger partial charge in [-0.05, 0) is 56.2 Å². The first kappa shape index (κ1) is 21.7. The van der Waals surface area contributed by atoms with E-state index in [1.165, 1.54) is 6.92 Å². The highest BCUT2D eigenvalue weighted by molar-refractivity contribution is 5.73. The summed E-state index contributed by atoms with van der Waals surface area (Å²) in [5.41, 5.74) is 2.35. The second kappa shape index (κ2) is 9.57. The van der Waals surface area contributed by atoms with Gasteiger partial charge in [0.05, 0.1) is 18.9 Å². The van der Waals surface area contributed by atoms with Crippen molar-refractivity contribution in [3.8, 4) is 11.5 Å². The fraction of sp³-hybridized carbons (Fsp3) is 0.409. The summed E-state index contributed by atoms with van der Waals surface area (Å²) in [7, 11) is 1.63. The van der Waals surface area contributed by atoms with Gasteiger partial charge in [-0.3, -0.25) is 4.79 Å². The summed E-state index contributed by atoms with van der Waals surface area (Å²) in [4.78, 5) is 11.4. The Morgan fingerprint density at radius 2 is 1.82 bits per heavy atom. The Labute approximate surface area is 166 Å². The molecule has 0 aromatic heterocycles. The van der Waals surface area contributed by atoms with E-state index in [0.29, 0.717) is 24.5 Å². The number of carbonyl (C=O) groups is 1. The molecule has 0 aliphatic carbocycles. The number of carbonyl (C=O) groups excluding carboxylic acids is 1. The molecule has 6 nitrogen and oxygen atoms in total. The SMILES string of the molecule is COc1ccc(CNc2cc(C(O)CNC(C)(C)C)ccc2OC(C)=O)cc1. The molecule has 0 saturated carbocycles. The van der Waals surface area contributed by atoms with E-state index in [1.807, 2.05) is 51.1 Å². The summed E-state index contributed by atoms with van der Waals surface area (Å²) in [5.74, 6) is 0.830. The average molecular weight is 386 g/mol. The molecule has 0 heterocycles. The minimum absolute atomic E-state index is 0.0892. The Kier molecular flexibility index (Phi) is 7.43. The molecule has 0 spiro atoms. The smallest absolute Gasteiger partial charge is 0.308 e. The summed E-state index contributed by atoms with van der Waals surface area (Å²) in [5, 5.41) is 17.1. The summed E-state index contributed by atoms with van der Waals surface area (Å²) >= 11 is 0. The third kappa shape index (κ3) is 6.87.